The van der Waals surface area contributed by atoms with E-state index >= 15 is 0 Å². The van der Waals surface area contributed by atoms with E-state index in [-0.39, 0.29) is 18.6 Å². The summed E-state index contributed by atoms with van der Waals surface area (Å²) in [6, 6.07) is 2.44. The number of barbiturate groups is 1. The Bertz CT molecular complexity index is 973. The summed E-state index contributed by atoms with van der Waals surface area (Å²) in [5, 5.41) is 4.15. The minimum Gasteiger partial charge on any atom is -0.361 e. The first-order chi connectivity index (χ1) is 14.5. The summed E-state index contributed by atoms with van der Waals surface area (Å²) in [6.45, 7) is 2.31. The number of nitrogens with zero attached hydrogens (tertiary/aromatic N) is 1. The summed E-state index contributed by atoms with van der Waals surface area (Å²) in [4.78, 5) is 51.0. The molecule has 3 aliphatic heterocycles. The molecule has 2 fully saturated rings. The number of ether oxygens (including phenoxy) is 1. The van der Waals surface area contributed by atoms with Crippen LogP contribution in [-0.4, -0.2) is 54.6 Å². The number of benzene rings is 1. The molecule has 0 aliphatic carbocycles. The largest absolute Gasteiger partial charge is 0.416 e. The van der Waals surface area contributed by atoms with Crippen molar-refractivity contribution in [2.75, 3.05) is 11.4 Å². The molecular formula is C20H20F3N3O5. The van der Waals surface area contributed by atoms with Gasteiger partial charge in [0.15, 0.2) is 17.3 Å². The van der Waals surface area contributed by atoms with Crippen LogP contribution in [0.2, 0.25) is 0 Å². The SMILES string of the molecule is CC[C@@H]1O[C@H](C(F)(F)F)CN2c3ccc(C(C)=O)cc3CC3(C(=O)NC(=O)NC3=O)[C@@H]12. The third kappa shape index (κ3) is 3.18. The Hall–Kier alpha value is -2.95. The molecule has 0 unspecified atom stereocenters. The third-order valence-electron chi connectivity index (χ3n) is 6.19. The lowest BCUT2D eigenvalue weighted by atomic mass is 9.66. The van der Waals surface area contributed by atoms with Crippen LogP contribution in [0.25, 0.3) is 0 Å². The molecule has 4 amide bonds. The van der Waals surface area contributed by atoms with Crippen molar-refractivity contribution in [2.24, 2.45) is 5.41 Å². The summed E-state index contributed by atoms with van der Waals surface area (Å²) < 4.78 is 46.1. The normalized spacial score (nSPS) is 27.3. The average molecular weight is 439 g/mol. The molecule has 3 atom stereocenters. The monoisotopic (exact) mass is 439 g/mol. The maximum Gasteiger partial charge on any atom is 0.416 e. The molecule has 11 heteroatoms. The van der Waals surface area contributed by atoms with Gasteiger partial charge in [-0.15, -0.1) is 0 Å². The van der Waals surface area contributed by atoms with Gasteiger partial charge in [-0.2, -0.15) is 13.2 Å². The number of nitrogens with one attached hydrogen (secondary N) is 2. The highest BCUT2D eigenvalue weighted by Gasteiger charge is 2.65. The van der Waals surface area contributed by atoms with Gasteiger partial charge in [-0.3, -0.25) is 25.0 Å². The molecule has 0 bridgehead atoms. The van der Waals surface area contributed by atoms with Crippen LogP contribution < -0.4 is 15.5 Å². The number of carbonyl (C=O) groups excluding carboxylic acids is 4. The molecule has 8 nitrogen and oxygen atoms in total. The van der Waals surface area contributed by atoms with Crippen LogP contribution in [0.1, 0.15) is 36.2 Å². The van der Waals surface area contributed by atoms with Crippen molar-refractivity contribution in [3.8, 4) is 0 Å². The van der Waals surface area contributed by atoms with Gasteiger partial charge in [0.05, 0.1) is 18.7 Å². The summed E-state index contributed by atoms with van der Waals surface area (Å²) in [5.41, 5.74) is -0.823. The molecule has 0 saturated carbocycles. The first-order valence-electron chi connectivity index (χ1n) is 9.78. The molecule has 1 aromatic rings. The number of anilines is 1. The molecule has 166 valence electrons. The van der Waals surface area contributed by atoms with E-state index < -0.39 is 54.2 Å². The van der Waals surface area contributed by atoms with Crippen LogP contribution in [0.15, 0.2) is 18.2 Å². The van der Waals surface area contributed by atoms with Crippen molar-refractivity contribution in [1.82, 2.24) is 10.6 Å². The fourth-order valence-corrected chi connectivity index (χ4v) is 4.78. The average Bonchev–Trinajstić information content (AvgIpc) is 2.69. The second kappa shape index (κ2) is 7.04. The predicted octanol–water partition coefficient (Wildman–Crippen LogP) is 1.71. The quantitative estimate of drug-likeness (QED) is 0.537. The second-order valence-corrected chi connectivity index (χ2v) is 8.00. The van der Waals surface area contributed by atoms with E-state index in [1.807, 2.05) is 0 Å². The van der Waals surface area contributed by atoms with Crippen molar-refractivity contribution in [2.45, 2.75) is 51.1 Å². The first kappa shape index (κ1) is 21.3. The van der Waals surface area contributed by atoms with Crippen molar-refractivity contribution < 1.29 is 37.1 Å². The first-order valence-corrected chi connectivity index (χ1v) is 9.78. The lowest BCUT2D eigenvalue weighted by Gasteiger charge is -2.56. The van der Waals surface area contributed by atoms with E-state index in [4.69, 9.17) is 4.74 Å². The van der Waals surface area contributed by atoms with Gasteiger partial charge >= 0.3 is 12.2 Å². The van der Waals surface area contributed by atoms with Gasteiger partial charge in [0.1, 0.15) is 0 Å². The number of alkyl halides is 3. The predicted molar refractivity (Wildman–Crippen MR) is 100 cm³/mol. The maximum absolute atomic E-state index is 13.6. The van der Waals surface area contributed by atoms with Gasteiger partial charge in [0.25, 0.3) is 0 Å². The molecule has 0 radical (unpaired) electrons. The maximum atomic E-state index is 13.6. The Labute approximate surface area is 175 Å². The van der Waals surface area contributed by atoms with E-state index in [0.717, 1.165) is 0 Å². The standard InChI is InChI=1S/C20H20F3N3O5/c1-3-13-15-19(16(28)24-18(30)25-17(19)29)7-11-6-10(9(2)27)4-5-12(11)26(15)8-14(31-13)20(21,22)23/h4-6,13-15H,3,7-8H2,1-2H3,(H2,24,25,28,29,30)/t13-,14-,15+/m0/s1. The van der Waals surface area contributed by atoms with Crippen LogP contribution in [-0.2, 0) is 20.7 Å². The van der Waals surface area contributed by atoms with Crippen molar-refractivity contribution in [3.63, 3.8) is 0 Å². The molecule has 4 rings (SSSR count). The Kier molecular flexibility index (Phi) is 4.84. The summed E-state index contributed by atoms with van der Waals surface area (Å²) in [7, 11) is 0. The fourth-order valence-electron chi connectivity index (χ4n) is 4.78. The van der Waals surface area contributed by atoms with E-state index in [1.54, 1.807) is 6.92 Å². The van der Waals surface area contributed by atoms with Crippen LogP contribution in [0.4, 0.5) is 23.7 Å². The number of halogens is 3. The number of carbonyl (C=O) groups is 4. The number of morpholine rings is 1. The molecular weight excluding hydrogens is 419 g/mol. The highest BCUT2D eigenvalue weighted by molar-refractivity contribution is 6.20. The van der Waals surface area contributed by atoms with Gasteiger partial charge in [0.2, 0.25) is 11.8 Å². The summed E-state index contributed by atoms with van der Waals surface area (Å²) >= 11 is 0. The second-order valence-electron chi connectivity index (χ2n) is 8.00. The van der Waals surface area contributed by atoms with Gasteiger partial charge in [-0.1, -0.05) is 6.92 Å². The molecule has 2 saturated heterocycles. The van der Waals surface area contributed by atoms with Crippen LogP contribution in [0.3, 0.4) is 0 Å². The Morgan fingerprint density at radius 1 is 1.23 bits per heavy atom. The van der Waals surface area contributed by atoms with Gasteiger partial charge in [-0.05, 0) is 43.5 Å². The Morgan fingerprint density at radius 3 is 2.42 bits per heavy atom. The lowest BCUT2D eigenvalue weighted by molar-refractivity contribution is -0.245. The fraction of sp³-hybridized carbons (Fsp3) is 0.500. The van der Waals surface area contributed by atoms with E-state index in [9.17, 15) is 32.3 Å². The van der Waals surface area contributed by atoms with Gasteiger partial charge < -0.3 is 9.64 Å². The molecule has 2 N–H and O–H groups in total. The summed E-state index contributed by atoms with van der Waals surface area (Å²) in [6.07, 6.45) is -7.97. The summed E-state index contributed by atoms with van der Waals surface area (Å²) in [5.74, 6) is -2.07. The molecule has 3 heterocycles. The van der Waals surface area contributed by atoms with E-state index in [2.05, 4.69) is 10.6 Å². The zero-order valence-electron chi connectivity index (χ0n) is 16.7. The van der Waals surface area contributed by atoms with E-state index in [0.29, 0.717) is 16.8 Å². The van der Waals surface area contributed by atoms with Crippen LogP contribution in [0, 0.1) is 5.41 Å². The smallest absolute Gasteiger partial charge is 0.361 e. The zero-order chi connectivity index (χ0) is 22.7. The Morgan fingerprint density at radius 2 is 1.87 bits per heavy atom. The zero-order valence-corrected chi connectivity index (χ0v) is 16.7. The molecule has 1 spiro atoms. The molecule has 3 aliphatic rings. The Balaban J connectivity index is 1.92. The minimum absolute atomic E-state index is 0.102. The van der Waals surface area contributed by atoms with Crippen molar-refractivity contribution in [3.05, 3.63) is 29.3 Å². The molecule has 1 aromatic carbocycles. The lowest BCUT2D eigenvalue weighted by Crippen LogP contribution is -2.76. The van der Waals surface area contributed by atoms with Gasteiger partial charge in [0, 0.05) is 11.3 Å². The highest BCUT2D eigenvalue weighted by atomic mass is 19.4. The number of rotatable bonds is 2. The molecule has 0 aromatic heterocycles. The number of hydrogen-bond acceptors (Lipinski definition) is 6. The number of hydrogen-bond donors (Lipinski definition) is 2. The number of amides is 4. The molecule has 31 heavy (non-hydrogen) atoms. The third-order valence-corrected chi connectivity index (χ3v) is 6.19. The number of fused-ring (bicyclic) bond motifs is 4. The minimum atomic E-state index is -4.66. The van der Waals surface area contributed by atoms with E-state index in [1.165, 1.54) is 30.0 Å². The number of Topliss-reactive ketones (excluding diaryl/α,β-unsaturated/α-hetero) is 1. The number of imide groups is 2. The van der Waals surface area contributed by atoms with Crippen molar-refractivity contribution in [1.29, 1.82) is 0 Å². The highest BCUT2D eigenvalue weighted by Crippen LogP contribution is 2.48. The topological polar surface area (TPSA) is 105 Å². The number of urea groups is 1. The van der Waals surface area contributed by atoms with Crippen molar-refractivity contribution >= 4 is 29.3 Å². The van der Waals surface area contributed by atoms with Gasteiger partial charge in [-0.25, -0.2) is 4.79 Å². The van der Waals surface area contributed by atoms with Crippen LogP contribution in [0.5, 0.6) is 0 Å². The number of ketones is 1. The van der Waals surface area contributed by atoms with Crippen LogP contribution >= 0.6 is 0 Å².